The number of hydrogen-bond acceptors (Lipinski definition) is 8. The Bertz CT molecular complexity index is 1150. The molecule has 0 radical (unpaired) electrons. The summed E-state index contributed by atoms with van der Waals surface area (Å²) in [7, 11) is 1.63. The summed E-state index contributed by atoms with van der Waals surface area (Å²) in [6, 6.07) is 3.81. The van der Waals surface area contributed by atoms with Crippen LogP contribution in [0.15, 0.2) is 28.0 Å². The standard InChI is InChI=1S/C23H29N5O3S2/c1-4-25-9-11-26(12-10-25)20-17(21(29)28-15-16(2)6-7-19(28)24-20)14-18-22(30)27(23(32)33-18)8-5-13-31-3/h6-7,14-15H,4-5,8-13H2,1-3H3. The number of carbonyl (C=O) groups is 1. The van der Waals surface area contributed by atoms with Crippen LogP contribution >= 0.6 is 24.0 Å². The van der Waals surface area contributed by atoms with E-state index in [1.54, 1.807) is 28.7 Å². The van der Waals surface area contributed by atoms with E-state index in [9.17, 15) is 9.59 Å². The minimum Gasteiger partial charge on any atom is -0.385 e. The van der Waals surface area contributed by atoms with Gasteiger partial charge in [-0.25, -0.2) is 4.98 Å². The van der Waals surface area contributed by atoms with Crippen LogP contribution in [0.4, 0.5) is 5.82 Å². The van der Waals surface area contributed by atoms with Gasteiger partial charge in [0.2, 0.25) is 0 Å². The van der Waals surface area contributed by atoms with Crippen molar-refractivity contribution >= 4 is 51.7 Å². The Hall–Kier alpha value is -2.27. The molecule has 2 aromatic heterocycles. The number of thiocarbonyl (C=S) groups is 1. The highest BCUT2D eigenvalue weighted by atomic mass is 32.2. The third kappa shape index (κ3) is 4.98. The minimum absolute atomic E-state index is 0.170. The van der Waals surface area contributed by atoms with E-state index in [0.29, 0.717) is 45.8 Å². The van der Waals surface area contributed by atoms with E-state index in [0.717, 1.165) is 38.3 Å². The van der Waals surface area contributed by atoms with Crippen molar-refractivity contribution in [1.29, 1.82) is 0 Å². The Labute approximate surface area is 203 Å². The number of rotatable bonds is 7. The second kappa shape index (κ2) is 10.3. The number of amides is 1. The number of likely N-dealkylation sites (N-methyl/N-ethyl adjacent to an activating group) is 1. The number of hydrogen-bond donors (Lipinski definition) is 0. The first kappa shape index (κ1) is 23.9. The van der Waals surface area contributed by atoms with Crippen molar-refractivity contribution in [3.63, 3.8) is 0 Å². The molecule has 0 spiro atoms. The Morgan fingerprint density at radius 1 is 1.21 bits per heavy atom. The molecule has 0 N–H and O–H groups in total. The normalized spacial score (nSPS) is 18.8. The fourth-order valence-corrected chi connectivity index (χ4v) is 5.37. The van der Waals surface area contributed by atoms with Gasteiger partial charge in [-0.1, -0.05) is 37.0 Å². The van der Waals surface area contributed by atoms with Gasteiger partial charge in [-0.15, -0.1) is 0 Å². The summed E-state index contributed by atoms with van der Waals surface area (Å²) >= 11 is 6.68. The maximum atomic E-state index is 13.6. The molecule has 2 fully saturated rings. The number of aryl methyl sites for hydroxylation is 1. The van der Waals surface area contributed by atoms with Gasteiger partial charge < -0.3 is 14.5 Å². The van der Waals surface area contributed by atoms with Gasteiger partial charge in [0.25, 0.3) is 11.5 Å². The highest BCUT2D eigenvalue weighted by molar-refractivity contribution is 8.26. The smallest absolute Gasteiger partial charge is 0.267 e. The number of anilines is 1. The van der Waals surface area contributed by atoms with E-state index in [4.69, 9.17) is 21.9 Å². The molecule has 0 unspecified atom stereocenters. The zero-order valence-electron chi connectivity index (χ0n) is 19.2. The Morgan fingerprint density at radius 3 is 2.67 bits per heavy atom. The number of pyridine rings is 1. The van der Waals surface area contributed by atoms with Crippen molar-refractivity contribution in [2.75, 3.05) is 57.9 Å². The van der Waals surface area contributed by atoms with Gasteiger partial charge in [-0.3, -0.25) is 18.9 Å². The highest BCUT2D eigenvalue weighted by Gasteiger charge is 2.32. The maximum absolute atomic E-state index is 13.6. The first-order chi connectivity index (χ1) is 15.9. The molecule has 10 heteroatoms. The van der Waals surface area contributed by atoms with Gasteiger partial charge >= 0.3 is 0 Å². The summed E-state index contributed by atoms with van der Waals surface area (Å²) in [4.78, 5) is 38.1. The van der Waals surface area contributed by atoms with Crippen LogP contribution in [-0.2, 0) is 9.53 Å². The third-order valence-corrected chi connectivity index (χ3v) is 7.36. The van der Waals surface area contributed by atoms with Crippen LogP contribution in [-0.4, -0.2) is 82.4 Å². The van der Waals surface area contributed by atoms with Gasteiger partial charge in [0.05, 0.1) is 10.5 Å². The molecule has 4 heterocycles. The lowest BCUT2D eigenvalue weighted by Gasteiger charge is -2.35. The number of fused-ring (bicyclic) bond motifs is 1. The van der Waals surface area contributed by atoms with Crippen molar-refractivity contribution in [3.05, 3.63) is 44.7 Å². The van der Waals surface area contributed by atoms with Crippen LogP contribution < -0.4 is 10.5 Å². The molecule has 0 aliphatic carbocycles. The molecule has 2 aliphatic heterocycles. The summed E-state index contributed by atoms with van der Waals surface area (Å²) in [5.41, 5.74) is 1.82. The van der Waals surface area contributed by atoms with Crippen LogP contribution in [0, 0.1) is 6.92 Å². The molecular weight excluding hydrogens is 458 g/mol. The number of thioether (sulfide) groups is 1. The molecule has 2 aliphatic rings. The van der Waals surface area contributed by atoms with Gasteiger partial charge in [0.15, 0.2) is 0 Å². The van der Waals surface area contributed by atoms with E-state index in [1.165, 1.54) is 11.8 Å². The topological polar surface area (TPSA) is 70.4 Å². The highest BCUT2D eigenvalue weighted by Crippen LogP contribution is 2.33. The Kier molecular flexibility index (Phi) is 7.48. The summed E-state index contributed by atoms with van der Waals surface area (Å²) in [5.74, 6) is 0.459. The average Bonchev–Trinajstić information content (AvgIpc) is 3.08. The summed E-state index contributed by atoms with van der Waals surface area (Å²) in [6.45, 7) is 9.52. The molecule has 2 saturated heterocycles. The first-order valence-corrected chi connectivity index (χ1v) is 12.4. The van der Waals surface area contributed by atoms with Gasteiger partial charge in [0, 0.05) is 52.6 Å². The number of methoxy groups -OCH3 is 1. The summed E-state index contributed by atoms with van der Waals surface area (Å²) < 4.78 is 7.16. The number of carbonyl (C=O) groups excluding carboxylic acids is 1. The van der Waals surface area contributed by atoms with Crippen molar-refractivity contribution in [3.8, 4) is 0 Å². The van der Waals surface area contributed by atoms with Crippen LogP contribution in [0.25, 0.3) is 11.7 Å². The lowest BCUT2D eigenvalue weighted by molar-refractivity contribution is -0.122. The maximum Gasteiger partial charge on any atom is 0.267 e. The molecular formula is C23H29N5O3S2. The average molecular weight is 488 g/mol. The predicted molar refractivity (Wildman–Crippen MR) is 137 cm³/mol. The first-order valence-electron chi connectivity index (χ1n) is 11.2. The van der Waals surface area contributed by atoms with Crippen LogP contribution in [0.5, 0.6) is 0 Å². The zero-order chi connectivity index (χ0) is 23.5. The van der Waals surface area contributed by atoms with Gasteiger partial charge in [-0.2, -0.15) is 0 Å². The minimum atomic E-state index is -0.179. The molecule has 1 amide bonds. The molecule has 0 aromatic carbocycles. The van der Waals surface area contributed by atoms with E-state index in [2.05, 4.69) is 16.7 Å². The molecule has 33 heavy (non-hydrogen) atoms. The Balaban J connectivity index is 1.75. The molecule has 0 saturated carbocycles. The van der Waals surface area contributed by atoms with Gasteiger partial charge in [0.1, 0.15) is 15.8 Å². The quantitative estimate of drug-likeness (QED) is 0.335. The van der Waals surface area contributed by atoms with Crippen molar-refractivity contribution in [2.24, 2.45) is 0 Å². The predicted octanol–water partition coefficient (Wildman–Crippen LogP) is 2.38. The SMILES string of the molecule is CCN1CCN(c2nc3ccc(C)cn3c(=O)c2C=C2SC(=S)N(CCCOC)C2=O)CC1. The Morgan fingerprint density at radius 2 is 1.97 bits per heavy atom. The second-order valence-corrected chi connectivity index (χ2v) is 9.87. The second-order valence-electron chi connectivity index (χ2n) is 8.19. The largest absolute Gasteiger partial charge is 0.385 e. The molecule has 8 nitrogen and oxygen atoms in total. The van der Waals surface area contributed by atoms with Crippen molar-refractivity contribution < 1.29 is 9.53 Å². The van der Waals surface area contributed by atoms with Crippen LogP contribution in [0.3, 0.4) is 0 Å². The van der Waals surface area contributed by atoms with E-state index in [1.807, 2.05) is 19.1 Å². The summed E-state index contributed by atoms with van der Waals surface area (Å²) in [6.07, 6.45) is 4.17. The van der Waals surface area contributed by atoms with E-state index >= 15 is 0 Å². The van der Waals surface area contributed by atoms with E-state index < -0.39 is 0 Å². The number of piperazine rings is 1. The van der Waals surface area contributed by atoms with Crippen LogP contribution in [0.2, 0.25) is 0 Å². The lowest BCUT2D eigenvalue weighted by Crippen LogP contribution is -2.47. The fourth-order valence-electron chi connectivity index (χ4n) is 4.08. The summed E-state index contributed by atoms with van der Waals surface area (Å²) in [5, 5.41) is 0. The molecule has 0 bridgehead atoms. The number of aromatic nitrogens is 2. The van der Waals surface area contributed by atoms with Gasteiger partial charge in [-0.05, 0) is 37.6 Å². The molecule has 2 aromatic rings. The molecule has 4 rings (SSSR count). The van der Waals surface area contributed by atoms with Crippen molar-refractivity contribution in [1.82, 2.24) is 19.2 Å². The third-order valence-electron chi connectivity index (χ3n) is 5.98. The van der Waals surface area contributed by atoms with E-state index in [-0.39, 0.29) is 11.5 Å². The van der Waals surface area contributed by atoms with Crippen molar-refractivity contribution in [2.45, 2.75) is 20.3 Å². The molecule has 176 valence electrons. The number of nitrogens with zero attached hydrogens (tertiary/aromatic N) is 5. The fraction of sp³-hybridized carbons (Fsp3) is 0.478. The number of ether oxygens (including phenoxy) is 1. The zero-order valence-corrected chi connectivity index (χ0v) is 20.9. The molecule has 0 atom stereocenters. The lowest BCUT2D eigenvalue weighted by atomic mass is 10.2. The van der Waals surface area contributed by atoms with Crippen LogP contribution in [0.1, 0.15) is 24.5 Å². The monoisotopic (exact) mass is 487 g/mol.